The summed E-state index contributed by atoms with van der Waals surface area (Å²) < 4.78 is 6.27. The van der Waals surface area contributed by atoms with Gasteiger partial charge in [-0.15, -0.1) is 0 Å². The van der Waals surface area contributed by atoms with Crippen molar-refractivity contribution < 1.29 is 4.42 Å². The van der Waals surface area contributed by atoms with Crippen molar-refractivity contribution in [1.82, 2.24) is 0 Å². The summed E-state index contributed by atoms with van der Waals surface area (Å²) in [6, 6.07) is 25.6. The maximum Gasteiger partial charge on any atom is 0.143 e. The number of para-hydroxylation sites is 1. The number of rotatable bonds is 1. The first kappa shape index (κ1) is 20.7. The molecule has 0 aliphatic heterocycles. The van der Waals surface area contributed by atoms with Crippen LogP contribution in [0.5, 0.6) is 0 Å². The van der Waals surface area contributed by atoms with Gasteiger partial charge < -0.3 is 4.42 Å². The van der Waals surface area contributed by atoms with E-state index in [1.54, 1.807) is 0 Å². The SMILES string of the molecule is CC.CC.Cc1ccccc1-c1ccc2ccc3c4ccccc4oc3c2c1C. The lowest BCUT2D eigenvalue weighted by Gasteiger charge is -2.12. The summed E-state index contributed by atoms with van der Waals surface area (Å²) >= 11 is 0. The molecule has 0 spiro atoms. The standard InChI is InChI=1S/C24H18O.2C2H6/c1-15-7-3-4-8-18(15)19-13-11-17-12-14-21-20-9-5-6-10-22(20)25-24(21)23(17)16(19)2;2*1-2/h3-14H,1-2H3;2*1-2H3. The van der Waals surface area contributed by atoms with E-state index in [0.717, 1.165) is 11.2 Å². The van der Waals surface area contributed by atoms with Crippen molar-refractivity contribution in [3.63, 3.8) is 0 Å². The van der Waals surface area contributed by atoms with Gasteiger partial charge in [0.1, 0.15) is 11.2 Å². The predicted octanol–water partition coefficient (Wildman–Crippen LogP) is 9.08. The minimum Gasteiger partial charge on any atom is -0.455 e. The summed E-state index contributed by atoms with van der Waals surface area (Å²) in [6.07, 6.45) is 0. The van der Waals surface area contributed by atoms with Crippen molar-refractivity contribution in [3.8, 4) is 11.1 Å². The molecule has 0 radical (unpaired) electrons. The van der Waals surface area contributed by atoms with Crippen LogP contribution < -0.4 is 0 Å². The average molecular weight is 383 g/mol. The third-order valence-electron chi connectivity index (χ3n) is 5.22. The molecular weight excluding hydrogens is 352 g/mol. The highest BCUT2D eigenvalue weighted by Crippen LogP contribution is 2.38. The largest absolute Gasteiger partial charge is 0.455 e. The summed E-state index contributed by atoms with van der Waals surface area (Å²) in [6.45, 7) is 12.4. The summed E-state index contributed by atoms with van der Waals surface area (Å²) in [7, 11) is 0. The van der Waals surface area contributed by atoms with Gasteiger partial charge >= 0.3 is 0 Å². The van der Waals surface area contributed by atoms with Crippen molar-refractivity contribution in [3.05, 3.63) is 83.9 Å². The zero-order valence-electron chi connectivity index (χ0n) is 18.3. The molecule has 0 atom stereocenters. The van der Waals surface area contributed by atoms with Gasteiger partial charge in [-0.1, -0.05) is 88.4 Å². The van der Waals surface area contributed by atoms with Crippen LogP contribution in [0.15, 0.2) is 77.2 Å². The van der Waals surface area contributed by atoms with E-state index in [4.69, 9.17) is 4.42 Å². The minimum absolute atomic E-state index is 0.950. The Balaban J connectivity index is 0.000000568. The van der Waals surface area contributed by atoms with Crippen LogP contribution in [-0.2, 0) is 0 Å². The van der Waals surface area contributed by atoms with E-state index >= 15 is 0 Å². The molecule has 0 aliphatic rings. The van der Waals surface area contributed by atoms with Gasteiger partial charge in [0.2, 0.25) is 0 Å². The Hall–Kier alpha value is -3.06. The monoisotopic (exact) mass is 382 g/mol. The molecule has 0 unspecified atom stereocenters. The molecular formula is C28H30O. The van der Waals surface area contributed by atoms with Crippen LogP contribution in [-0.4, -0.2) is 0 Å². The molecule has 1 heteroatoms. The van der Waals surface area contributed by atoms with Gasteiger partial charge in [0, 0.05) is 16.2 Å². The zero-order valence-corrected chi connectivity index (χ0v) is 18.3. The fraction of sp³-hybridized carbons (Fsp3) is 0.214. The Morgan fingerprint density at radius 1 is 0.586 bits per heavy atom. The molecule has 0 fully saturated rings. The van der Waals surface area contributed by atoms with Crippen molar-refractivity contribution in [2.24, 2.45) is 0 Å². The zero-order chi connectivity index (χ0) is 21.0. The highest BCUT2D eigenvalue weighted by atomic mass is 16.3. The lowest BCUT2D eigenvalue weighted by atomic mass is 9.92. The molecule has 1 nitrogen and oxygen atoms in total. The van der Waals surface area contributed by atoms with Crippen molar-refractivity contribution in [2.75, 3.05) is 0 Å². The van der Waals surface area contributed by atoms with Crippen LogP contribution in [0.2, 0.25) is 0 Å². The lowest BCUT2D eigenvalue weighted by Crippen LogP contribution is -1.89. The summed E-state index contributed by atoms with van der Waals surface area (Å²) in [5.74, 6) is 0. The number of fused-ring (bicyclic) bond motifs is 5. The number of aryl methyl sites for hydroxylation is 2. The molecule has 29 heavy (non-hydrogen) atoms. The highest BCUT2D eigenvalue weighted by Gasteiger charge is 2.14. The molecule has 0 bridgehead atoms. The molecule has 0 saturated heterocycles. The molecule has 4 aromatic carbocycles. The minimum atomic E-state index is 0.950. The van der Waals surface area contributed by atoms with Gasteiger partial charge in [-0.05, 0) is 53.6 Å². The van der Waals surface area contributed by atoms with E-state index < -0.39 is 0 Å². The molecule has 0 N–H and O–H groups in total. The Labute approximate surface area is 174 Å². The van der Waals surface area contributed by atoms with E-state index in [9.17, 15) is 0 Å². The van der Waals surface area contributed by atoms with Gasteiger partial charge in [0.15, 0.2) is 0 Å². The predicted molar refractivity (Wildman–Crippen MR) is 129 cm³/mol. The van der Waals surface area contributed by atoms with Crippen LogP contribution >= 0.6 is 0 Å². The second-order valence-electron chi connectivity index (χ2n) is 6.69. The Morgan fingerprint density at radius 3 is 2.00 bits per heavy atom. The molecule has 0 amide bonds. The molecule has 0 saturated carbocycles. The van der Waals surface area contributed by atoms with Crippen molar-refractivity contribution in [2.45, 2.75) is 41.5 Å². The maximum absolute atomic E-state index is 6.27. The number of hydrogen-bond acceptors (Lipinski definition) is 1. The molecule has 1 aromatic heterocycles. The number of furan rings is 1. The number of benzene rings is 4. The Bertz CT molecular complexity index is 1260. The van der Waals surface area contributed by atoms with E-state index in [2.05, 4.69) is 74.5 Å². The van der Waals surface area contributed by atoms with Gasteiger partial charge in [-0.2, -0.15) is 0 Å². The van der Waals surface area contributed by atoms with E-state index in [1.807, 2.05) is 39.8 Å². The first-order valence-corrected chi connectivity index (χ1v) is 10.6. The second kappa shape index (κ2) is 8.96. The summed E-state index contributed by atoms with van der Waals surface area (Å²) in [5.41, 5.74) is 7.07. The quantitative estimate of drug-likeness (QED) is 0.282. The van der Waals surface area contributed by atoms with Gasteiger partial charge in [-0.25, -0.2) is 0 Å². The van der Waals surface area contributed by atoms with E-state index in [1.165, 1.54) is 43.8 Å². The first-order chi connectivity index (χ1) is 14.2. The Kier molecular flexibility index (Phi) is 6.39. The van der Waals surface area contributed by atoms with Crippen LogP contribution in [0.3, 0.4) is 0 Å². The lowest BCUT2D eigenvalue weighted by molar-refractivity contribution is 0.672. The first-order valence-electron chi connectivity index (χ1n) is 10.6. The van der Waals surface area contributed by atoms with E-state index in [-0.39, 0.29) is 0 Å². The third kappa shape index (κ3) is 3.53. The van der Waals surface area contributed by atoms with Crippen LogP contribution in [0.4, 0.5) is 0 Å². The normalized spacial score (nSPS) is 10.4. The molecule has 1 heterocycles. The number of hydrogen-bond donors (Lipinski definition) is 0. The average Bonchev–Trinajstić information content (AvgIpc) is 3.16. The van der Waals surface area contributed by atoms with Gasteiger partial charge in [0.05, 0.1) is 0 Å². The fourth-order valence-corrected chi connectivity index (χ4v) is 3.93. The van der Waals surface area contributed by atoms with Crippen LogP contribution in [0, 0.1) is 13.8 Å². The molecule has 5 aromatic rings. The summed E-state index contributed by atoms with van der Waals surface area (Å²) in [4.78, 5) is 0. The third-order valence-corrected chi connectivity index (χ3v) is 5.22. The molecule has 148 valence electrons. The fourth-order valence-electron chi connectivity index (χ4n) is 3.93. The second-order valence-corrected chi connectivity index (χ2v) is 6.69. The van der Waals surface area contributed by atoms with Crippen LogP contribution in [0.1, 0.15) is 38.8 Å². The molecule has 5 rings (SSSR count). The molecule has 0 aliphatic carbocycles. The van der Waals surface area contributed by atoms with Crippen molar-refractivity contribution >= 4 is 32.7 Å². The van der Waals surface area contributed by atoms with Crippen molar-refractivity contribution in [1.29, 1.82) is 0 Å². The maximum atomic E-state index is 6.27. The summed E-state index contributed by atoms with van der Waals surface area (Å²) in [5, 5.41) is 4.81. The highest BCUT2D eigenvalue weighted by molar-refractivity contribution is 6.16. The van der Waals surface area contributed by atoms with Gasteiger partial charge in [-0.3, -0.25) is 0 Å². The van der Waals surface area contributed by atoms with E-state index in [0.29, 0.717) is 0 Å². The van der Waals surface area contributed by atoms with Crippen LogP contribution in [0.25, 0.3) is 43.8 Å². The topological polar surface area (TPSA) is 13.1 Å². The smallest absolute Gasteiger partial charge is 0.143 e. The van der Waals surface area contributed by atoms with Gasteiger partial charge in [0.25, 0.3) is 0 Å². The Morgan fingerprint density at radius 2 is 1.24 bits per heavy atom.